The van der Waals surface area contributed by atoms with Crippen LogP contribution in [-0.2, 0) is 41.8 Å². The minimum Gasteiger partial charge on any atom is 0 e. The Kier molecular flexibility index (Phi) is 18.2. The van der Waals surface area contributed by atoms with Gasteiger partial charge in [-0.05, 0) is 37.1 Å². The Morgan fingerprint density at radius 1 is 0.971 bits per heavy atom. The van der Waals surface area contributed by atoms with Gasteiger partial charge in [-0.25, -0.2) is 0 Å². The molecule has 0 spiro atoms. The van der Waals surface area contributed by atoms with E-state index in [-0.39, 0.29) is 17.1 Å². The number of rotatable bonds is 6. The Balaban J connectivity index is 0. The molecule has 0 bridgehead atoms. The summed E-state index contributed by atoms with van der Waals surface area (Å²) >= 11 is 0. The van der Waals surface area contributed by atoms with Gasteiger partial charge in [-0.2, -0.15) is 0 Å². The Morgan fingerprint density at radius 3 is 2.03 bits per heavy atom. The molecule has 2 N–H and O–H groups in total. The molecule has 0 heterocycles. The first-order chi connectivity index (χ1) is 15.9. The van der Waals surface area contributed by atoms with Gasteiger partial charge in [-0.1, -0.05) is 17.7 Å². The molecule has 180 valence electrons. The van der Waals surface area contributed by atoms with E-state index in [9.17, 15) is 14.4 Å². The minimum absolute atomic E-state index is 0. The van der Waals surface area contributed by atoms with Gasteiger partial charge >= 0.3 is 33.9 Å². The average molecular weight is 526 g/mol. The van der Waals surface area contributed by atoms with Crippen LogP contribution in [0.4, 0.5) is 0 Å². The number of aliphatic hydroxyl groups excluding tert-OH is 2. The molecule has 1 aliphatic rings. The second kappa shape index (κ2) is 18.2. The fourth-order valence-electron chi connectivity index (χ4n) is 3.00. The molecule has 2 aromatic carbocycles. The Labute approximate surface area is 212 Å². The SMILES string of the molecule is COc1cc(OC)c2c(c1)[C@@H](O)[C@H](O)[CH][C]2[CH][CH][S@@](=O)c1ccc(C)cc1.[C-]#[O+].[C-]#[O+].[C-]#[O+].[Fe]. The number of hydrogen-bond acceptors (Lipinski definition) is 5. The molecule has 4 radical (unpaired) electrons. The number of aryl methyl sites for hydroxylation is 1. The molecule has 0 saturated carbocycles. The van der Waals surface area contributed by atoms with Crippen molar-refractivity contribution in [3.05, 3.63) is 97.6 Å². The predicted molar refractivity (Wildman–Crippen MR) is 115 cm³/mol. The maximum atomic E-state index is 12.5. The molecule has 0 fully saturated rings. The quantitative estimate of drug-likeness (QED) is 0.339. The van der Waals surface area contributed by atoms with Crippen LogP contribution >= 0.6 is 0 Å². The van der Waals surface area contributed by atoms with Crippen LogP contribution in [0, 0.1) is 51.4 Å². The van der Waals surface area contributed by atoms with Gasteiger partial charge in [0, 0.05) is 45.9 Å². The number of aliphatic hydroxyl groups is 2. The number of hydrogen-bond donors (Lipinski definition) is 2. The number of benzene rings is 2. The van der Waals surface area contributed by atoms with E-state index in [1.807, 2.05) is 31.2 Å². The summed E-state index contributed by atoms with van der Waals surface area (Å²) in [5.74, 6) is 3.22. The molecular formula is C24H22FeO8S. The normalized spacial score (nSPS) is 16.7. The first-order valence-electron chi connectivity index (χ1n) is 9.05. The van der Waals surface area contributed by atoms with Crippen molar-refractivity contribution in [1.29, 1.82) is 0 Å². The fraction of sp³-hybridized carbons (Fsp3) is 0.208. The van der Waals surface area contributed by atoms with E-state index >= 15 is 0 Å². The summed E-state index contributed by atoms with van der Waals surface area (Å²) in [6.07, 6.45) is 1.04. The molecule has 1 aliphatic carbocycles. The van der Waals surface area contributed by atoms with Gasteiger partial charge < -0.3 is 19.7 Å². The maximum Gasteiger partial charge on any atom is 0 e. The number of ether oxygens (including phenoxy) is 2. The topological polar surface area (TPSA) is 136 Å². The van der Waals surface area contributed by atoms with E-state index in [1.54, 1.807) is 24.3 Å². The molecule has 34 heavy (non-hydrogen) atoms. The van der Waals surface area contributed by atoms with Crippen LogP contribution in [0.25, 0.3) is 0 Å². The van der Waals surface area contributed by atoms with E-state index in [0.717, 1.165) is 5.56 Å². The Hall–Kier alpha value is -2.15. The van der Waals surface area contributed by atoms with E-state index in [1.165, 1.54) is 20.6 Å². The van der Waals surface area contributed by atoms with Crippen molar-refractivity contribution < 1.29 is 54.9 Å². The second-order valence-electron chi connectivity index (χ2n) is 6.26. The minimum atomic E-state index is -1.34. The smallest absolute Gasteiger partial charge is 0 e. The van der Waals surface area contributed by atoms with E-state index in [2.05, 4.69) is 20.0 Å². The standard InChI is InChI=1S/C21H22O5S.3CO.Fe/c1-13-4-6-16(7-5-13)27(24)9-8-14-10-18(22)21(23)17-11-15(25-2)12-19(26-3)20(14)17;3*1-2;/h4-12,18,21-23H,1-3H3;;;;/t18-,21-,27-;;;;/m1..../s1. The van der Waals surface area contributed by atoms with E-state index in [4.69, 9.17) is 23.4 Å². The summed E-state index contributed by atoms with van der Waals surface area (Å²) in [6, 6.07) is 10.8. The molecule has 8 nitrogen and oxygen atoms in total. The Morgan fingerprint density at radius 2 is 1.53 bits per heavy atom. The molecule has 0 aromatic heterocycles. The van der Waals surface area contributed by atoms with Crippen molar-refractivity contribution in [3.8, 4) is 11.5 Å². The van der Waals surface area contributed by atoms with Gasteiger partial charge in [0.05, 0.1) is 36.9 Å². The first-order valence-corrected chi connectivity index (χ1v) is 10.3. The molecule has 0 aliphatic heterocycles. The van der Waals surface area contributed by atoms with Gasteiger partial charge in [0.15, 0.2) is 0 Å². The summed E-state index contributed by atoms with van der Waals surface area (Å²) in [5, 5.41) is 20.6. The van der Waals surface area contributed by atoms with Gasteiger partial charge in [0.25, 0.3) is 0 Å². The average Bonchev–Trinajstić information content (AvgIpc) is 2.88. The third-order valence-electron chi connectivity index (χ3n) is 4.47. The molecule has 2 aromatic rings. The molecule has 0 amide bonds. The van der Waals surface area contributed by atoms with Crippen LogP contribution in [0.1, 0.15) is 22.8 Å². The summed E-state index contributed by atoms with van der Waals surface area (Å²) < 4.78 is 45.7. The third kappa shape index (κ3) is 8.89. The fourth-order valence-corrected chi connectivity index (χ4v) is 3.83. The van der Waals surface area contributed by atoms with Crippen molar-refractivity contribution in [3.63, 3.8) is 0 Å². The summed E-state index contributed by atoms with van der Waals surface area (Å²) in [4.78, 5) is 0.691. The predicted octanol–water partition coefficient (Wildman–Crippen LogP) is 2.61. The molecule has 3 atom stereocenters. The van der Waals surface area contributed by atoms with Gasteiger partial charge in [0.1, 0.15) is 17.6 Å². The van der Waals surface area contributed by atoms with Crippen molar-refractivity contribution in [2.75, 3.05) is 14.2 Å². The van der Waals surface area contributed by atoms with Crippen LogP contribution in [0.3, 0.4) is 0 Å². The van der Waals surface area contributed by atoms with Gasteiger partial charge in [0.2, 0.25) is 0 Å². The molecular weight excluding hydrogens is 504 g/mol. The van der Waals surface area contributed by atoms with Crippen LogP contribution < -0.4 is 9.47 Å². The number of methoxy groups -OCH3 is 2. The zero-order valence-corrected chi connectivity index (χ0v) is 20.4. The van der Waals surface area contributed by atoms with Crippen molar-refractivity contribution >= 4 is 10.8 Å². The summed E-state index contributed by atoms with van der Waals surface area (Å²) in [7, 11) is 1.71. The van der Waals surface area contributed by atoms with Crippen LogP contribution in [0.2, 0.25) is 0 Å². The van der Waals surface area contributed by atoms with Crippen molar-refractivity contribution in [1.82, 2.24) is 0 Å². The van der Waals surface area contributed by atoms with Crippen LogP contribution in [-0.4, -0.2) is 34.7 Å². The van der Waals surface area contributed by atoms with Gasteiger partial charge in [-0.15, -0.1) is 0 Å². The van der Waals surface area contributed by atoms with Gasteiger partial charge in [-0.3, -0.25) is 4.21 Å². The molecule has 3 rings (SSSR count). The molecule has 10 heteroatoms. The summed E-state index contributed by atoms with van der Waals surface area (Å²) in [5.41, 5.74) is 2.25. The van der Waals surface area contributed by atoms with Crippen LogP contribution in [0.15, 0.2) is 41.3 Å². The van der Waals surface area contributed by atoms with Crippen molar-refractivity contribution in [2.24, 2.45) is 0 Å². The molecule has 0 unspecified atom stereocenters. The zero-order valence-electron chi connectivity index (χ0n) is 18.5. The zero-order chi connectivity index (χ0) is 25.6. The maximum absolute atomic E-state index is 12.5. The largest absolute Gasteiger partial charge is 0 e. The molecule has 0 saturated heterocycles. The van der Waals surface area contributed by atoms with Crippen LogP contribution in [0.5, 0.6) is 11.5 Å². The van der Waals surface area contributed by atoms with E-state index in [0.29, 0.717) is 33.4 Å². The third-order valence-corrected chi connectivity index (χ3v) is 5.59. The van der Waals surface area contributed by atoms with Crippen molar-refractivity contribution in [2.45, 2.75) is 24.0 Å². The first kappa shape index (κ1) is 34.0. The summed E-state index contributed by atoms with van der Waals surface area (Å²) in [6.45, 7) is 15.5. The monoisotopic (exact) mass is 526 g/mol. The van der Waals surface area contributed by atoms with E-state index < -0.39 is 23.0 Å². The number of fused-ring (bicyclic) bond motifs is 1. The Bertz CT molecular complexity index is 942. The second-order valence-corrected chi connectivity index (χ2v) is 7.60.